The summed E-state index contributed by atoms with van der Waals surface area (Å²) in [7, 11) is -1.16. The molecule has 1 unspecified atom stereocenters. The molecule has 0 saturated heterocycles. The van der Waals surface area contributed by atoms with E-state index in [0.717, 1.165) is 19.0 Å². The number of aromatic nitrogens is 3. The zero-order valence-corrected chi connectivity index (χ0v) is 20.4. The first-order chi connectivity index (χ1) is 16.5. The topological polar surface area (TPSA) is 106 Å². The number of alkyl halides is 3. The summed E-state index contributed by atoms with van der Waals surface area (Å²) in [6.45, 7) is 2.03. The maximum atomic E-state index is 13.0. The van der Waals surface area contributed by atoms with E-state index in [9.17, 15) is 22.2 Å². The maximum Gasteiger partial charge on any atom is 0.422 e. The molecular weight excluding hydrogens is 503 g/mol. The number of carbonyl (C=O) groups is 1. The van der Waals surface area contributed by atoms with Crippen LogP contribution in [0.5, 0.6) is 5.88 Å². The van der Waals surface area contributed by atoms with Crippen molar-refractivity contribution < 1.29 is 26.9 Å². The van der Waals surface area contributed by atoms with Crippen molar-refractivity contribution in [2.75, 3.05) is 16.6 Å². The number of thiazole rings is 1. The molecule has 4 rings (SSSR count). The molecule has 1 aromatic carbocycles. The first kappa shape index (κ1) is 25.0. The van der Waals surface area contributed by atoms with Crippen molar-refractivity contribution in [1.82, 2.24) is 15.0 Å². The number of ether oxygens (including phenoxy) is 1. The third kappa shape index (κ3) is 6.54. The fourth-order valence-corrected chi connectivity index (χ4v) is 5.01. The fraction of sp³-hybridized carbons (Fsp3) is 0.364. The highest BCUT2D eigenvalue weighted by molar-refractivity contribution is 7.87. The largest absolute Gasteiger partial charge is 0.467 e. The molecule has 1 atom stereocenters. The lowest BCUT2D eigenvalue weighted by molar-refractivity contribution is -0.154. The molecule has 1 aliphatic carbocycles. The molecule has 1 aliphatic rings. The Labute approximate surface area is 206 Å². The number of hydrogen-bond acceptors (Lipinski definition) is 7. The van der Waals surface area contributed by atoms with Gasteiger partial charge in [-0.25, -0.2) is 14.2 Å². The summed E-state index contributed by atoms with van der Waals surface area (Å²) in [5, 5.41) is 5.29. The second kappa shape index (κ2) is 9.90. The van der Waals surface area contributed by atoms with E-state index in [1.807, 2.05) is 0 Å². The average Bonchev–Trinajstić information content (AvgIpc) is 3.56. The van der Waals surface area contributed by atoms with Crippen LogP contribution in [0, 0.1) is 0 Å². The molecule has 35 heavy (non-hydrogen) atoms. The number of nitrogens with one attached hydrogen (secondary N) is 2. The minimum Gasteiger partial charge on any atom is -0.467 e. The fourth-order valence-electron chi connectivity index (χ4n) is 2.90. The Morgan fingerprint density at radius 3 is 2.54 bits per heavy atom. The van der Waals surface area contributed by atoms with Crippen LogP contribution in [0.15, 0.2) is 42.0 Å². The number of benzene rings is 1. The van der Waals surface area contributed by atoms with Crippen molar-refractivity contribution in [3.8, 4) is 17.1 Å². The Kier molecular flexibility index (Phi) is 7.08. The Balaban J connectivity index is 1.39. The first-order valence-electron chi connectivity index (χ1n) is 10.6. The van der Waals surface area contributed by atoms with Crippen molar-refractivity contribution in [3.05, 3.63) is 47.7 Å². The van der Waals surface area contributed by atoms with Gasteiger partial charge in [-0.3, -0.25) is 14.5 Å². The van der Waals surface area contributed by atoms with Gasteiger partial charge < -0.3 is 10.1 Å². The molecule has 0 spiro atoms. The van der Waals surface area contributed by atoms with E-state index in [4.69, 9.17) is 0 Å². The van der Waals surface area contributed by atoms with Crippen LogP contribution in [0.2, 0.25) is 0 Å². The van der Waals surface area contributed by atoms with Crippen molar-refractivity contribution in [3.63, 3.8) is 0 Å². The van der Waals surface area contributed by atoms with Crippen LogP contribution >= 0.6 is 11.3 Å². The predicted octanol–water partition coefficient (Wildman–Crippen LogP) is 4.70. The zero-order chi connectivity index (χ0) is 25.2. The Hall–Kier alpha value is -3.06. The molecule has 1 amide bonds. The number of amides is 1. The van der Waals surface area contributed by atoms with Gasteiger partial charge in [0.2, 0.25) is 11.8 Å². The van der Waals surface area contributed by atoms with Crippen LogP contribution in [-0.2, 0) is 21.2 Å². The van der Waals surface area contributed by atoms with Crippen LogP contribution in [0.1, 0.15) is 32.4 Å². The summed E-state index contributed by atoms with van der Waals surface area (Å²) in [5.74, 6) is -0.523. The normalized spacial score (nSPS) is 14.9. The number of rotatable bonds is 9. The van der Waals surface area contributed by atoms with Gasteiger partial charge in [-0.05, 0) is 38.8 Å². The molecule has 0 bridgehead atoms. The first-order valence-corrected chi connectivity index (χ1v) is 12.7. The lowest BCUT2D eigenvalue weighted by atomic mass is 9.89. The molecule has 2 heterocycles. The maximum absolute atomic E-state index is 13.0. The van der Waals surface area contributed by atoms with Crippen molar-refractivity contribution in [2.24, 2.45) is 0 Å². The van der Waals surface area contributed by atoms with E-state index in [0.29, 0.717) is 27.8 Å². The summed E-state index contributed by atoms with van der Waals surface area (Å²) in [6.07, 6.45) is -0.0870. The van der Waals surface area contributed by atoms with Gasteiger partial charge in [0.25, 0.3) is 0 Å². The van der Waals surface area contributed by atoms with E-state index < -0.39 is 29.2 Å². The van der Waals surface area contributed by atoms with Gasteiger partial charge in [0.15, 0.2) is 11.7 Å². The number of nitrogens with zero attached hydrogens (tertiary/aromatic N) is 3. The van der Waals surface area contributed by atoms with Crippen molar-refractivity contribution in [2.45, 2.75) is 43.5 Å². The van der Waals surface area contributed by atoms with Gasteiger partial charge >= 0.3 is 6.18 Å². The third-order valence-corrected chi connectivity index (χ3v) is 7.52. The highest BCUT2D eigenvalue weighted by Crippen LogP contribution is 2.32. The van der Waals surface area contributed by atoms with Gasteiger partial charge in [0.1, 0.15) is 11.0 Å². The summed E-state index contributed by atoms with van der Waals surface area (Å²) >= 11 is 1.30. The molecule has 186 valence electrons. The molecule has 1 fully saturated rings. The van der Waals surface area contributed by atoms with Crippen LogP contribution in [0.3, 0.4) is 0 Å². The van der Waals surface area contributed by atoms with E-state index in [1.165, 1.54) is 17.5 Å². The van der Waals surface area contributed by atoms with Gasteiger partial charge in [-0.1, -0.05) is 12.1 Å². The number of carbonyl (C=O) groups excluding carboxylic acids is 1. The van der Waals surface area contributed by atoms with Crippen molar-refractivity contribution >= 4 is 39.0 Å². The minimum absolute atomic E-state index is 0.169. The molecule has 0 aliphatic heterocycles. The number of anilines is 2. The number of halogens is 3. The number of hydrogen-bond donors (Lipinski definition) is 2. The second-order valence-electron chi connectivity index (χ2n) is 8.44. The monoisotopic (exact) mass is 525 g/mol. The lowest BCUT2D eigenvalue weighted by Crippen LogP contribution is -2.35. The molecule has 2 N–H and O–H groups in total. The lowest BCUT2D eigenvalue weighted by Gasteiger charge is -2.21. The van der Waals surface area contributed by atoms with E-state index >= 15 is 0 Å². The van der Waals surface area contributed by atoms with E-state index in [2.05, 4.69) is 29.7 Å². The summed E-state index contributed by atoms with van der Waals surface area (Å²) in [6, 6.07) is 6.64. The smallest absolute Gasteiger partial charge is 0.422 e. The van der Waals surface area contributed by atoms with Crippen LogP contribution in [0.4, 0.5) is 24.0 Å². The summed E-state index contributed by atoms with van der Waals surface area (Å²) in [5.41, 5.74) is 1.04. The summed E-state index contributed by atoms with van der Waals surface area (Å²) in [4.78, 5) is 25.3. The molecule has 2 aromatic heterocycles. The van der Waals surface area contributed by atoms with Crippen LogP contribution in [0.25, 0.3) is 11.3 Å². The second-order valence-corrected chi connectivity index (χ2v) is 10.8. The quantitative estimate of drug-likeness (QED) is 0.420. The molecule has 13 heteroatoms. The zero-order valence-electron chi connectivity index (χ0n) is 18.8. The van der Waals surface area contributed by atoms with E-state index in [1.54, 1.807) is 43.5 Å². The summed E-state index contributed by atoms with van der Waals surface area (Å²) < 4.78 is 56.7. The highest BCUT2D eigenvalue weighted by Gasteiger charge is 2.34. The molecule has 1 saturated carbocycles. The molecule has 3 aromatic rings. The minimum atomic E-state index is -4.47. The Morgan fingerprint density at radius 2 is 1.89 bits per heavy atom. The predicted molar refractivity (Wildman–Crippen MR) is 128 cm³/mol. The molecule has 8 nitrogen and oxygen atoms in total. The van der Waals surface area contributed by atoms with Crippen molar-refractivity contribution in [1.29, 1.82) is 0 Å². The SMILES string of the molecule is CC(C)(C(=O)Nc1ccc(-c2cncc(OCC(F)(F)F)n2)cc1)c1csc(NS(=O)C2CC2)n1. The van der Waals surface area contributed by atoms with Crippen LogP contribution in [-0.4, -0.2) is 43.1 Å². The standard InChI is InChI=1S/C22H22F3N5O3S2/c1-21(2,17-11-34-20(29-17)30-35(32)15-7-8-15)19(31)27-14-5-3-13(4-6-14)16-9-26-10-18(28-16)33-12-22(23,24)25/h3-6,9-11,15H,7-8,12H2,1-2H3,(H,27,31)(H,29,30). The molecule has 0 radical (unpaired) electrons. The highest BCUT2D eigenvalue weighted by atomic mass is 32.2. The van der Waals surface area contributed by atoms with Gasteiger partial charge in [-0.2, -0.15) is 13.2 Å². The average molecular weight is 526 g/mol. The van der Waals surface area contributed by atoms with Crippen LogP contribution < -0.4 is 14.8 Å². The Morgan fingerprint density at radius 1 is 1.17 bits per heavy atom. The Bertz CT molecular complexity index is 1230. The van der Waals surface area contributed by atoms with Gasteiger partial charge in [0, 0.05) is 16.6 Å². The third-order valence-electron chi connectivity index (χ3n) is 5.16. The molecular formula is C22H22F3N5O3S2. The van der Waals surface area contributed by atoms with E-state index in [-0.39, 0.29) is 17.0 Å². The van der Waals surface area contributed by atoms with Gasteiger partial charge in [-0.15, -0.1) is 11.3 Å². The van der Waals surface area contributed by atoms with Gasteiger partial charge in [0.05, 0.1) is 34.4 Å².